The second kappa shape index (κ2) is 10.4. The van der Waals surface area contributed by atoms with Gasteiger partial charge in [-0.2, -0.15) is 0 Å². The third-order valence-electron chi connectivity index (χ3n) is 9.67. The highest BCUT2D eigenvalue weighted by Gasteiger charge is 2.62. The van der Waals surface area contributed by atoms with Crippen LogP contribution in [-0.4, -0.2) is 33.9 Å². The van der Waals surface area contributed by atoms with Crippen LogP contribution in [0.1, 0.15) is 105 Å². The molecule has 3 fully saturated rings. The smallest absolute Gasteiger partial charge is 0.303 e. The van der Waals surface area contributed by atoms with Gasteiger partial charge in [0.05, 0.1) is 6.10 Å². The first-order valence-corrected chi connectivity index (χ1v) is 13.2. The maximum atomic E-state index is 12.2. The van der Waals surface area contributed by atoms with Crippen molar-refractivity contribution in [2.75, 3.05) is 0 Å². The molecule has 5 nitrogen and oxygen atoms in total. The number of Topliss-reactive ketones (excluding diaryl/α,β-unsaturated/α-hetero) is 1. The quantitative estimate of drug-likeness (QED) is 0.494. The summed E-state index contributed by atoms with van der Waals surface area (Å²) in [6.45, 7) is 8.40. The van der Waals surface area contributed by atoms with Crippen LogP contribution in [0, 0.1) is 34.5 Å². The van der Waals surface area contributed by atoms with E-state index >= 15 is 0 Å². The molecule has 7 atom stereocenters. The second-order valence-corrected chi connectivity index (χ2v) is 11.6. The summed E-state index contributed by atoms with van der Waals surface area (Å²) < 4.78 is 0. The number of carbonyl (C=O) groups is 3. The van der Waals surface area contributed by atoms with Crippen LogP contribution >= 0.6 is 0 Å². The molecule has 4 aliphatic carbocycles. The number of ketones is 2. The molecule has 0 bridgehead atoms. The van der Waals surface area contributed by atoms with Gasteiger partial charge >= 0.3 is 5.97 Å². The largest absolute Gasteiger partial charge is 0.481 e. The Labute approximate surface area is 199 Å². The van der Waals surface area contributed by atoms with Gasteiger partial charge in [-0.1, -0.05) is 45.6 Å². The predicted octanol–water partition coefficient (Wildman–Crippen LogP) is 5.74. The highest BCUT2D eigenvalue weighted by atomic mass is 16.4. The zero-order chi connectivity index (χ0) is 24.4. The van der Waals surface area contributed by atoms with Gasteiger partial charge in [0.2, 0.25) is 0 Å². The van der Waals surface area contributed by atoms with Gasteiger partial charge in [0.15, 0.2) is 5.78 Å². The third kappa shape index (κ3) is 5.13. The lowest BCUT2D eigenvalue weighted by atomic mass is 9.46. The average molecular weight is 461 g/mol. The molecule has 5 heteroatoms. The van der Waals surface area contributed by atoms with Gasteiger partial charge < -0.3 is 10.2 Å². The molecule has 0 saturated heterocycles. The maximum absolute atomic E-state index is 12.2. The molecule has 4 rings (SSSR count). The molecule has 4 aliphatic rings. The minimum atomic E-state index is -0.675. The Kier molecular flexibility index (Phi) is 8.24. The van der Waals surface area contributed by atoms with Crippen LogP contribution < -0.4 is 0 Å². The van der Waals surface area contributed by atoms with Crippen LogP contribution in [0.2, 0.25) is 0 Å². The van der Waals surface area contributed by atoms with Gasteiger partial charge in [0.25, 0.3) is 0 Å². The number of carboxylic acid groups (broad SMARTS) is 1. The minimum absolute atomic E-state index is 0.0333. The van der Waals surface area contributed by atoms with E-state index in [0.29, 0.717) is 36.4 Å². The van der Waals surface area contributed by atoms with Crippen LogP contribution in [0.15, 0.2) is 11.6 Å². The molecule has 0 aromatic rings. The Morgan fingerprint density at radius 3 is 2.42 bits per heavy atom. The fourth-order valence-electron chi connectivity index (χ4n) is 8.01. The zero-order valence-corrected chi connectivity index (χ0v) is 21.1. The SMILES string of the molecule is CC(=O)[C@H]1C(O)C[C@H]2[C@@H]3CCC4=CC(=O)CC[C@]4(C)[C@H]3CC[C@]12C.CCCCCCC(=O)O. The minimum Gasteiger partial charge on any atom is -0.481 e. The third-order valence-corrected chi connectivity index (χ3v) is 9.67. The fraction of sp³-hybridized carbons (Fsp3) is 0.821. The topological polar surface area (TPSA) is 91.7 Å². The molecule has 0 aromatic heterocycles. The highest BCUT2D eigenvalue weighted by molar-refractivity contribution is 5.91. The standard InChI is InChI=1S/C21H30O3.C7H14O2/c1-12(22)19-18(24)11-17-15-5-4-13-10-14(23)6-8-20(13,2)16(15)7-9-21(17,19)3;1-2-3-4-5-6-7(8)9/h10,15-19,24H,4-9,11H2,1-3H3;2-6H2,1H3,(H,8,9)/t15-,16+,17+,18?,19+,20+,21+;/m1./s1. The number of hydrogen-bond donors (Lipinski definition) is 2. The van der Waals surface area contributed by atoms with E-state index in [9.17, 15) is 19.5 Å². The molecule has 186 valence electrons. The van der Waals surface area contributed by atoms with Gasteiger partial charge in [-0.25, -0.2) is 0 Å². The average Bonchev–Trinajstić information content (AvgIpc) is 3.02. The number of fused-ring (bicyclic) bond motifs is 5. The number of unbranched alkanes of at least 4 members (excludes halogenated alkanes) is 3. The Morgan fingerprint density at radius 2 is 1.79 bits per heavy atom. The van der Waals surface area contributed by atoms with Crippen LogP contribution in [0.25, 0.3) is 0 Å². The van der Waals surface area contributed by atoms with E-state index in [2.05, 4.69) is 20.8 Å². The predicted molar refractivity (Wildman–Crippen MR) is 129 cm³/mol. The Bertz CT molecular complexity index is 785. The van der Waals surface area contributed by atoms with Crippen molar-refractivity contribution in [2.45, 2.75) is 111 Å². The fourth-order valence-corrected chi connectivity index (χ4v) is 8.01. The van der Waals surface area contributed by atoms with E-state index in [1.807, 2.05) is 6.08 Å². The van der Waals surface area contributed by atoms with Crippen molar-refractivity contribution in [1.29, 1.82) is 0 Å². The molecular formula is C28H44O5. The van der Waals surface area contributed by atoms with Crippen molar-refractivity contribution in [3.8, 4) is 0 Å². The summed E-state index contributed by atoms with van der Waals surface area (Å²) in [5.74, 6) is 1.27. The molecule has 1 unspecified atom stereocenters. The van der Waals surface area contributed by atoms with Crippen molar-refractivity contribution in [1.82, 2.24) is 0 Å². The second-order valence-electron chi connectivity index (χ2n) is 11.6. The van der Waals surface area contributed by atoms with Gasteiger partial charge in [0.1, 0.15) is 5.78 Å². The summed E-state index contributed by atoms with van der Waals surface area (Å²) in [5, 5.41) is 18.8. The maximum Gasteiger partial charge on any atom is 0.303 e. The lowest BCUT2D eigenvalue weighted by molar-refractivity contribution is -0.137. The van der Waals surface area contributed by atoms with E-state index in [4.69, 9.17) is 5.11 Å². The number of aliphatic hydroxyl groups is 1. The summed E-state index contributed by atoms with van der Waals surface area (Å²) in [5.41, 5.74) is 1.51. The number of allylic oxidation sites excluding steroid dienone is 1. The van der Waals surface area contributed by atoms with E-state index in [-0.39, 0.29) is 22.5 Å². The van der Waals surface area contributed by atoms with Gasteiger partial charge in [-0.05, 0) is 86.5 Å². The monoisotopic (exact) mass is 460 g/mol. The van der Waals surface area contributed by atoms with Crippen molar-refractivity contribution < 1.29 is 24.6 Å². The van der Waals surface area contributed by atoms with Crippen LogP contribution in [0.4, 0.5) is 0 Å². The molecule has 3 saturated carbocycles. The Morgan fingerprint density at radius 1 is 1.06 bits per heavy atom. The van der Waals surface area contributed by atoms with Gasteiger partial charge in [-0.3, -0.25) is 14.4 Å². The van der Waals surface area contributed by atoms with Crippen molar-refractivity contribution >= 4 is 17.5 Å². The molecule has 0 radical (unpaired) electrons. The number of aliphatic carboxylic acids is 1. The molecule has 0 amide bonds. The van der Waals surface area contributed by atoms with Crippen molar-refractivity contribution in [3.05, 3.63) is 11.6 Å². The number of aliphatic hydroxyl groups excluding tert-OH is 1. The van der Waals surface area contributed by atoms with Crippen LogP contribution in [-0.2, 0) is 14.4 Å². The van der Waals surface area contributed by atoms with Crippen LogP contribution in [0.3, 0.4) is 0 Å². The normalized spacial score (nSPS) is 39.4. The molecular weight excluding hydrogens is 416 g/mol. The van der Waals surface area contributed by atoms with E-state index in [0.717, 1.165) is 57.8 Å². The summed E-state index contributed by atoms with van der Waals surface area (Å²) in [7, 11) is 0. The van der Waals surface area contributed by atoms with Crippen LogP contribution in [0.5, 0.6) is 0 Å². The Balaban J connectivity index is 0.000000292. The van der Waals surface area contributed by atoms with E-state index in [1.54, 1.807) is 6.92 Å². The summed E-state index contributed by atoms with van der Waals surface area (Å²) in [6, 6.07) is 0. The van der Waals surface area contributed by atoms with E-state index in [1.165, 1.54) is 12.0 Å². The first-order valence-electron chi connectivity index (χ1n) is 13.2. The summed E-state index contributed by atoms with van der Waals surface area (Å²) >= 11 is 0. The summed E-state index contributed by atoms with van der Waals surface area (Å²) in [6.07, 6.45) is 12.8. The number of rotatable bonds is 6. The molecule has 0 spiro atoms. The van der Waals surface area contributed by atoms with Gasteiger partial charge in [-0.15, -0.1) is 0 Å². The molecule has 0 heterocycles. The molecule has 0 aliphatic heterocycles. The lowest BCUT2D eigenvalue weighted by Gasteiger charge is -2.57. The number of carbonyl (C=O) groups excluding carboxylic acids is 2. The summed E-state index contributed by atoms with van der Waals surface area (Å²) in [4.78, 5) is 34.0. The van der Waals surface area contributed by atoms with Gasteiger partial charge in [0, 0.05) is 18.8 Å². The first-order chi connectivity index (χ1) is 15.5. The molecule has 33 heavy (non-hydrogen) atoms. The van der Waals surface area contributed by atoms with E-state index < -0.39 is 12.1 Å². The lowest BCUT2D eigenvalue weighted by Crippen LogP contribution is -2.51. The molecule has 0 aromatic carbocycles. The highest BCUT2D eigenvalue weighted by Crippen LogP contribution is 2.66. The number of carboxylic acids is 1. The van der Waals surface area contributed by atoms with Crippen molar-refractivity contribution in [3.63, 3.8) is 0 Å². The zero-order valence-electron chi connectivity index (χ0n) is 21.1. The number of hydrogen-bond acceptors (Lipinski definition) is 4. The first kappa shape index (κ1) is 26.1. The molecule has 2 N–H and O–H groups in total. The van der Waals surface area contributed by atoms with Crippen molar-refractivity contribution in [2.24, 2.45) is 34.5 Å². The Hall–Kier alpha value is -1.49.